The first-order valence-electron chi connectivity index (χ1n) is 5.73. The van der Waals surface area contributed by atoms with E-state index in [0.717, 1.165) is 12.3 Å². The van der Waals surface area contributed by atoms with Crippen molar-refractivity contribution in [3.05, 3.63) is 0 Å². The van der Waals surface area contributed by atoms with E-state index >= 15 is 0 Å². The lowest BCUT2D eigenvalue weighted by atomic mass is 9.92. The van der Waals surface area contributed by atoms with Crippen molar-refractivity contribution in [1.29, 1.82) is 0 Å². The molecule has 2 N–H and O–H groups in total. The van der Waals surface area contributed by atoms with Crippen LogP contribution in [-0.2, 0) is 4.84 Å². The Morgan fingerprint density at radius 3 is 2.71 bits per heavy atom. The molecule has 3 nitrogen and oxygen atoms in total. The highest BCUT2D eigenvalue weighted by molar-refractivity contribution is 4.76. The molecule has 0 aromatic rings. The molecule has 1 rings (SSSR count). The Morgan fingerprint density at radius 1 is 1.43 bits per heavy atom. The first-order valence-corrected chi connectivity index (χ1v) is 5.73. The van der Waals surface area contributed by atoms with Crippen LogP contribution in [0.25, 0.3) is 0 Å². The third kappa shape index (κ3) is 3.56. The Balaban J connectivity index is 2.32. The quantitative estimate of drug-likeness (QED) is 0.703. The molecular weight excluding hydrogens is 176 g/mol. The minimum Gasteiger partial charge on any atom is -0.302 e. The average Bonchev–Trinajstić information content (AvgIpc) is 2.18. The van der Waals surface area contributed by atoms with Crippen LogP contribution < -0.4 is 5.90 Å². The fourth-order valence-corrected chi connectivity index (χ4v) is 2.28. The summed E-state index contributed by atoms with van der Waals surface area (Å²) in [6.07, 6.45) is 3.95. The van der Waals surface area contributed by atoms with Crippen LogP contribution in [0, 0.1) is 5.92 Å². The minimum atomic E-state index is 0.201. The summed E-state index contributed by atoms with van der Waals surface area (Å²) in [5, 5.41) is 0. The van der Waals surface area contributed by atoms with E-state index in [9.17, 15) is 0 Å². The number of likely N-dealkylation sites (tertiary alicyclic amines) is 1. The van der Waals surface area contributed by atoms with Gasteiger partial charge in [0.2, 0.25) is 0 Å². The van der Waals surface area contributed by atoms with Crippen LogP contribution in [-0.4, -0.2) is 30.1 Å². The molecule has 1 aliphatic rings. The molecule has 0 radical (unpaired) electrons. The lowest BCUT2D eigenvalue weighted by Gasteiger charge is -2.36. The fourth-order valence-electron chi connectivity index (χ4n) is 2.28. The molecule has 1 saturated heterocycles. The first kappa shape index (κ1) is 12.0. The van der Waals surface area contributed by atoms with Crippen LogP contribution in [0.15, 0.2) is 0 Å². The topological polar surface area (TPSA) is 38.5 Å². The van der Waals surface area contributed by atoms with Crippen molar-refractivity contribution in [2.45, 2.75) is 52.2 Å². The molecule has 84 valence electrons. The average molecular weight is 200 g/mol. The molecule has 0 amide bonds. The van der Waals surface area contributed by atoms with Crippen molar-refractivity contribution in [3.8, 4) is 0 Å². The highest BCUT2D eigenvalue weighted by atomic mass is 16.6. The summed E-state index contributed by atoms with van der Waals surface area (Å²) in [7, 11) is 0. The van der Waals surface area contributed by atoms with E-state index in [-0.39, 0.29) is 6.10 Å². The van der Waals surface area contributed by atoms with Crippen molar-refractivity contribution in [3.63, 3.8) is 0 Å². The van der Waals surface area contributed by atoms with Gasteiger partial charge in [0.05, 0.1) is 6.10 Å². The molecule has 1 aliphatic heterocycles. The second-order valence-electron chi connectivity index (χ2n) is 4.78. The summed E-state index contributed by atoms with van der Waals surface area (Å²) in [6.45, 7) is 9.06. The van der Waals surface area contributed by atoms with Crippen molar-refractivity contribution >= 4 is 0 Å². The molecule has 0 saturated carbocycles. The Bertz CT molecular complexity index is 161. The smallest absolute Gasteiger partial charge is 0.0762 e. The van der Waals surface area contributed by atoms with E-state index in [0.29, 0.717) is 6.04 Å². The molecule has 0 aromatic carbocycles. The van der Waals surface area contributed by atoms with Crippen LogP contribution >= 0.6 is 0 Å². The molecule has 14 heavy (non-hydrogen) atoms. The third-order valence-corrected chi connectivity index (χ3v) is 3.18. The summed E-state index contributed by atoms with van der Waals surface area (Å²) in [5.74, 6) is 5.94. The maximum Gasteiger partial charge on any atom is 0.0762 e. The van der Waals surface area contributed by atoms with Crippen molar-refractivity contribution in [2.24, 2.45) is 11.8 Å². The van der Waals surface area contributed by atoms with Gasteiger partial charge in [0, 0.05) is 12.6 Å². The zero-order valence-electron chi connectivity index (χ0n) is 9.70. The lowest BCUT2D eigenvalue weighted by molar-refractivity contribution is 0.0321. The van der Waals surface area contributed by atoms with Crippen LogP contribution in [0.3, 0.4) is 0 Å². The monoisotopic (exact) mass is 200 g/mol. The van der Waals surface area contributed by atoms with Gasteiger partial charge in [-0.25, -0.2) is 5.90 Å². The highest BCUT2D eigenvalue weighted by Gasteiger charge is 2.22. The van der Waals surface area contributed by atoms with Gasteiger partial charge >= 0.3 is 0 Å². The number of rotatable bonds is 4. The van der Waals surface area contributed by atoms with Crippen LogP contribution in [0.2, 0.25) is 0 Å². The predicted octanol–water partition coefficient (Wildman–Crippen LogP) is 1.78. The summed E-state index contributed by atoms with van der Waals surface area (Å²) in [4.78, 5) is 7.38. The van der Waals surface area contributed by atoms with Crippen molar-refractivity contribution in [2.75, 3.05) is 13.1 Å². The number of piperidine rings is 1. The zero-order valence-corrected chi connectivity index (χ0v) is 9.70. The van der Waals surface area contributed by atoms with E-state index in [2.05, 4.69) is 18.7 Å². The van der Waals surface area contributed by atoms with Crippen molar-refractivity contribution < 1.29 is 4.84 Å². The van der Waals surface area contributed by atoms with Gasteiger partial charge in [-0.2, -0.15) is 0 Å². The van der Waals surface area contributed by atoms with Gasteiger partial charge < -0.3 is 9.74 Å². The molecule has 0 bridgehead atoms. The molecule has 0 aromatic heterocycles. The zero-order chi connectivity index (χ0) is 10.6. The van der Waals surface area contributed by atoms with Crippen LogP contribution in [0.4, 0.5) is 0 Å². The van der Waals surface area contributed by atoms with Gasteiger partial charge in [-0.3, -0.25) is 0 Å². The van der Waals surface area contributed by atoms with Gasteiger partial charge in [0.1, 0.15) is 0 Å². The number of nitrogens with zero attached hydrogens (tertiary/aromatic N) is 1. The van der Waals surface area contributed by atoms with Crippen LogP contribution in [0.1, 0.15) is 40.0 Å². The Hall–Kier alpha value is -0.120. The standard InChI is InChI=1S/C11H24N2O/c1-9(2)13-6-4-5-11(8-13)7-10(3)14-12/h9-11H,4-8,12H2,1-3H3. The van der Waals surface area contributed by atoms with Crippen LogP contribution in [0.5, 0.6) is 0 Å². The second kappa shape index (κ2) is 5.69. The predicted molar refractivity (Wildman–Crippen MR) is 58.8 cm³/mol. The molecule has 1 heterocycles. The van der Waals surface area contributed by atoms with Gasteiger partial charge in [0.25, 0.3) is 0 Å². The Morgan fingerprint density at radius 2 is 2.14 bits per heavy atom. The molecular formula is C11H24N2O. The maximum absolute atomic E-state index is 5.17. The molecule has 2 atom stereocenters. The summed E-state index contributed by atoms with van der Waals surface area (Å²) in [5.41, 5.74) is 0. The lowest BCUT2D eigenvalue weighted by Crippen LogP contribution is -2.40. The highest BCUT2D eigenvalue weighted by Crippen LogP contribution is 2.22. The van der Waals surface area contributed by atoms with E-state index in [1.54, 1.807) is 0 Å². The van der Waals surface area contributed by atoms with E-state index in [1.165, 1.54) is 25.9 Å². The Kier molecular flexibility index (Phi) is 4.85. The van der Waals surface area contributed by atoms with Gasteiger partial charge in [-0.1, -0.05) is 0 Å². The minimum absolute atomic E-state index is 0.201. The molecule has 0 spiro atoms. The number of hydrogen-bond donors (Lipinski definition) is 1. The fraction of sp³-hybridized carbons (Fsp3) is 1.00. The molecule has 1 fully saturated rings. The summed E-state index contributed by atoms with van der Waals surface area (Å²) < 4.78 is 0. The summed E-state index contributed by atoms with van der Waals surface area (Å²) >= 11 is 0. The van der Waals surface area contributed by atoms with Crippen molar-refractivity contribution in [1.82, 2.24) is 4.90 Å². The van der Waals surface area contributed by atoms with Gasteiger partial charge in [-0.15, -0.1) is 0 Å². The number of nitrogens with two attached hydrogens (primary N) is 1. The van der Waals surface area contributed by atoms with Gasteiger partial charge in [0.15, 0.2) is 0 Å². The van der Waals surface area contributed by atoms with E-state index < -0.39 is 0 Å². The molecule has 2 unspecified atom stereocenters. The van der Waals surface area contributed by atoms with Gasteiger partial charge in [-0.05, 0) is 52.5 Å². The second-order valence-corrected chi connectivity index (χ2v) is 4.78. The normalized spacial score (nSPS) is 26.8. The number of hydrogen-bond acceptors (Lipinski definition) is 3. The van der Waals surface area contributed by atoms with E-state index in [1.807, 2.05) is 6.92 Å². The SMILES string of the molecule is CC(CC1CCCN(C(C)C)C1)ON. The Labute approximate surface area is 87.6 Å². The maximum atomic E-state index is 5.17. The third-order valence-electron chi connectivity index (χ3n) is 3.18. The summed E-state index contributed by atoms with van der Waals surface area (Å²) in [6, 6.07) is 0.673. The van der Waals surface area contributed by atoms with E-state index in [4.69, 9.17) is 10.7 Å². The molecule has 0 aliphatic carbocycles. The first-order chi connectivity index (χ1) is 6.63. The molecule has 3 heteroatoms. The largest absolute Gasteiger partial charge is 0.302 e.